The number of ether oxygens (including phenoxy) is 1. The van der Waals surface area contributed by atoms with Crippen LogP contribution < -0.4 is 0 Å². The molecule has 0 aliphatic carbocycles. The number of carbonyl (C=O) groups is 1. The number of aromatic nitrogens is 1. The van der Waals surface area contributed by atoms with E-state index in [0.29, 0.717) is 0 Å². The van der Waals surface area contributed by atoms with Crippen LogP contribution in [0.2, 0.25) is 5.15 Å². The second kappa shape index (κ2) is 3.87. The molecular weight excluding hydrogens is 192 g/mol. The minimum atomic E-state index is -0.668. The normalized spacial score (nSPS) is 9.00. The van der Waals surface area contributed by atoms with Gasteiger partial charge in [0.25, 0.3) is 0 Å². The summed E-state index contributed by atoms with van der Waals surface area (Å²) in [5, 5.41) is 8.77. The van der Waals surface area contributed by atoms with Gasteiger partial charge in [-0.05, 0) is 12.1 Å². The summed E-state index contributed by atoms with van der Waals surface area (Å²) >= 11 is 5.55. The molecule has 0 N–H and O–H groups in total. The van der Waals surface area contributed by atoms with Crippen molar-refractivity contribution >= 4 is 17.6 Å². The van der Waals surface area contributed by atoms with Crippen molar-refractivity contribution in [1.82, 2.24) is 4.98 Å². The molecule has 0 atom stereocenters. The Morgan fingerprint density at radius 3 is 2.92 bits per heavy atom. The van der Waals surface area contributed by atoms with Gasteiger partial charge < -0.3 is 4.74 Å². The van der Waals surface area contributed by atoms with Crippen LogP contribution in [0.15, 0.2) is 12.1 Å². The third kappa shape index (κ3) is 1.95. The summed E-state index contributed by atoms with van der Waals surface area (Å²) in [7, 11) is 1.21. The second-order valence-corrected chi connectivity index (χ2v) is 2.52. The van der Waals surface area contributed by atoms with Gasteiger partial charge in [-0.2, -0.15) is 5.26 Å². The summed E-state index contributed by atoms with van der Waals surface area (Å²) in [6, 6.07) is 4.67. The van der Waals surface area contributed by atoms with Gasteiger partial charge >= 0.3 is 5.97 Å². The van der Waals surface area contributed by atoms with E-state index < -0.39 is 5.97 Å². The lowest BCUT2D eigenvalue weighted by molar-refractivity contribution is 0.0593. The van der Waals surface area contributed by atoms with Gasteiger partial charge in [-0.15, -0.1) is 0 Å². The molecule has 0 fully saturated rings. The van der Waals surface area contributed by atoms with E-state index in [-0.39, 0.29) is 16.4 Å². The van der Waals surface area contributed by atoms with Crippen LogP contribution >= 0.6 is 11.6 Å². The molecule has 66 valence electrons. The van der Waals surface area contributed by atoms with Crippen LogP contribution in [0.1, 0.15) is 16.1 Å². The summed E-state index contributed by atoms with van der Waals surface area (Å²) in [6.07, 6.45) is 0. The highest BCUT2D eigenvalue weighted by atomic mass is 35.5. The number of methoxy groups -OCH3 is 1. The molecule has 0 aliphatic heterocycles. The first-order valence-corrected chi connectivity index (χ1v) is 3.71. The zero-order chi connectivity index (χ0) is 9.84. The highest BCUT2D eigenvalue weighted by Crippen LogP contribution is 2.11. The Kier molecular flexibility index (Phi) is 2.83. The van der Waals surface area contributed by atoms with Crippen LogP contribution in [0, 0.1) is 11.3 Å². The quantitative estimate of drug-likeness (QED) is 0.503. The molecule has 0 spiro atoms. The number of pyridine rings is 1. The van der Waals surface area contributed by atoms with Gasteiger partial charge in [0.15, 0.2) is 5.69 Å². The molecule has 0 bridgehead atoms. The molecule has 0 aromatic carbocycles. The van der Waals surface area contributed by atoms with E-state index >= 15 is 0 Å². The highest BCUT2D eigenvalue weighted by molar-refractivity contribution is 6.29. The van der Waals surface area contributed by atoms with Gasteiger partial charge in [0.05, 0.1) is 12.7 Å². The van der Waals surface area contributed by atoms with Crippen LogP contribution in [-0.4, -0.2) is 18.1 Å². The number of hydrogen-bond donors (Lipinski definition) is 0. The van der Waals surface area contributed by atoms with E-state index in [1.165, 1.54) is 19.2 Å². The molecule has 4 nitrogen and oxygen atoms in total. The van der Waals surface area contributed by atoms with Gasteiger partial charge in [-0.1, -0.05) is 11.6 Å². The van der Waals surface area contributed by atoms with Crippen molar-refractivity contribution in [3.05, 3.63) is 28.5 Å². The number of nitrogens with zero attached hydrogens (tertiary/aromatic N) is 2. The zero-order valence-electron chi connectivity index (χ0n) is 6.74. The topological polar surface area (TPSA) is 63.0 Å². The molecule has 13 heavy (non-hydrogen) atoms. The lowest BCUT2D eigenvalue weighted by Gasteiger charge is -2.00. The number of nitriles is 1. The lowest BCUT2D eigenvalue weighted by Crippen LogP contribution is -2.07. The van der Waals surface area contributed by atoms with E-state index in [0.717, 1.165) is 0 Å². The van der Waals surface area contributed by atoms with Crippen molar-refractivity contribution in [2.45, 2.75) is 0 Å². The smallest absolute Gasteiger partial charge is 0.358 e. The standard InChI is InChI=1S/C8H5ClN2O2/c1-13-8(12)7-5(4-10)2-3-6(9)11-7/h2-3H,1H3. The summed E-state index contributed by atoms with van der Waals surface area (Å²) in [4.78, 5) is 14.7. The van der Waals surface area contributed by atoms with Gasteiger partial charge in [0.2, 0.25) is 0 Å². The fraction of sp³-hybridized carbons (Fsp3) is 0.125. The molecule has 1 aromatic rings. The molecular formula is C8H5ClN2O2. The van der Waals surface area contributed by atoms with Gasteiger partial charge in [0.1, 0.15) is 11.2 Å². The maximum absolute atomic E-state index is 11.1. The fourth-order valence-electron chi connectivity index (χ4n) is 0.778. The minimum Gasteiger partial charge on any atom is -0.464 e. The average Bonchev–Trinajstić information content (AvgIpc) is 2.16. The van der Waals surface area contributed by atoms with E-state index in [1.54, 1.807) is 0 Å². The molecule has 1 aromatic heterocycles. The Hall–Kier alpha value is -1.60. The maximum Gasteiger partial charge on any atom is 0.358 e. The molecule has 0 saturated heterocycles. The van der Waals surface area contributed by atoms with Crippen LogP contribution in [0.3, 0.4) is 0 Å². The van der Waals surface area contributed by atoms with Gasteiger partial charge in [-0.25, -0.2) is 9.78 Å². The third-order valence-corrected chi connectivity index (χ3v) is 1.57. The predicted octanol–water partition coefficient (Wildman–Crippen LogP) is 1.39. The van der Waals surface area contributed by atoms with Crippen LogP contribution in [0.25, 0.3) is 0 Å². The molecule has 0 unspecified atom stereocenters. The van der Waals surface area contributed by atoms with Crippen molar-refractivity contribution in [2.75, 3.05) is 7.11 Å². The molecule has 0 amide bonds. The number of halogens is 1. The Bertz CT molecular complexity index is 384. The highest BCUT2D eigenvalue weighted by Gasteiger charge is 2.13. The van der Waals surface area contributed by atoms with Crippen molar-refractivity contribution in [3.63, 3.8) is 0 Å². The molecule has 1 heterocycles. The summed E-state index contributed by atoms with van der Waals surface area (Å²) in [5.74, 6) is -0.668. The zero-order valence-corrected chi connectivity index (χ0v) is 7.50. The third-order valence-electron chi connectivity index (χ3n) is 1.36. The van der Waals surface area contributed by atoms with E-state index in [2.05, 4.69) is 9.72 Å². The minimum absolute atomic E-state index is 0.0579. The number of rotatable bonds is 1. The van der Waals surface area contributed by atoms with Crippen molar-refractivity contribution in [2.24, 2.45) is 0 Å². The monoisotopic (exact) mass is 196 g/mol. The number of esters is 1. The van der Waals surface area contributed by atoms with Crippen LogP contribution in [0.4, 0.5) is 0 Å². The van der Waals surface area contributed by atoms with Crippen molar-refractivity contribution < 1.29 is 9.53 Å². The molecule has 1 rings (SSSR count). The second-order valence-electron chi connectivity index (χ2n) is 2.13. The van der Waals surface area contributed by atoms with Gasteiger partial charge in [0, 0.05) is 0 Å². The Labute approximate surface area is 79.7 Å². The first kappa shape index (κ1) is 9.49. The van der Waals surface area contributed by atoms with E-state index in [1.807, 2.05) is 6.07 Å². The fourth-order valence-corrected chi connectivity index (χ4v) is 0.925. The molecule has 5 heteroatoms. The number of hydrogen-bond acceptors (Lipinski definition) is 4. The lowest BCUT2D eigenvalue weighted by atomic mass is 10.2. The predicted molar refractivity (Wildman–Crippen MR) is 45.3 cm³/mol. The SMILES string of the molecule is COC(=O)c1nc(Cl)ccc1C#N. The summed E-state index contributed by atoms with van der Waals surface area (Å²) < 4.78 is 4.42. The maximum atomic E-state index is 11.1. The van der Waals surface area contributed by atoms with Crippen molar-refractivity contribution in [3.8, 4) is 6.07 Å². The van der Waals surface area contributed by atoms with Crippen LogP contribution in [-0.2, 0) is 4.74 Å². The number of carbonyl (C=O) groups excluding carboxylic acids is 1. The van der Waals surface area contributed by atoms with Crippen LogP contribution in [0.5, 0.6) is 0 Å². The van der Waals surface area contributed by atoms with Crippen molar-refractivity contribution in [1.29, 1.82) is 5.26 Å². The molecule has 0 saturated carbocycles. The average molecular weight is 197 g/mol. The first-order chi connectivity index (χ1) is 6.19. The summed E-state index contributed by atoms with van der Waals surface area (Å²) in [6.45, 7) is 0. The van der Waals surface area contributed by atoms with Gasteiger partial charge in [-0.3, -0.25) is 0 Å². The Balaban J connectivity index is 3.25. The Morgan fingerprint density at radius 1 is 1.69 bits per heavy atom. The molecule has 0 radical (unpaired) electrons. The summed E-state index contributed by atoms with van der Waals surface area (Å²) in [5.41, 5.74) is 0.0914. The van der Waals surface area contributed by atoms with E-state index in [4.69, 9.17) is 16.9 Å². The first-order valence-electron chi connectivity index (χ1n) is 3.34. The molecule has 0 aliphatic rings. The Morgan fingerprint density at radius 2 is 2.38 bits per heavy atom. The largest absolute Gasteiger partial charge is 0.464 e. The van der Waals surface area contributed by atoms with E-state index in [9.17, 15) is 4.79 Å².